The number of hydrogen-bond acceptors (Lipinski definition) is 5. The van der Waals surface area contributed by atoms with Crippen molar-refractivity contribution >= 4 is 0 Å². The number of hydrogen-bond donors (Lipinski definition) is 0. The van der Waals surface area contributed by atoms with E-state index in [2.05, 4.69) is 21.2 Å². The molecule has 2 fully saturated rings. The largest absolute Gasteiger partial charge is 0.420 e. The van der Waals surface area contributed by atoms with Crippen molar-refractivity contribution in [3.05, 3.63) is 71.4 Å². The van der Waals surface area contributed by atoms with Crippen molar-refractivity contribution in [2.24, 2.45) is 5.41 Å². The second kappa shape index (κ2) is 7.09. The van der Waals surface area contributed by atoms with Crippen LogP contribution in [-0.4, -0.2) is 28.2 Å². The molecule has 1 aromatic heterocycles. The predicted molar refractivity (Wildman–Crippen MR) is 105 cm³/mol. The van der Waals surface area contributed by atoms with Crippen molar-refractivity contribution in [3.63, 3.8) is 0 Å². The van der Waals surface area contributed by atoms with Gasteiger partial charge < -0.3 is 4.42 Å². The van der Waals surface area contributed by atoms with Crippen molar-refractivity contribution in [3.8, 4) is 17.5 Å². The zero-order valence-corrected chi connectivity index (χ0v) is 16.0. The van der Waals surface area contributed by atoms with Crippen LogP contribution in [-0.2, 0) is 6.54 Å². The van der Waals surface area contributed by atoms with Gasteiger partial charge in [0.25, 0.3) is 0 Å². The summed E-state index contributed by atoms with van der Waals surface area (Å²) in [5, 5.41) is 17.3. The van der Waals surface area contributed by atoms with Crippen molar-refractivity contribution in [1.29, 1.82) is 5.26 Å². The minimum absolute atomic E-state index is 0.271. The van der Waals surface area contributed by atoms with E-state index in [0.29, 0.717) is 28.8 Å². The summed E-state index contributed by atoms with van der Waals surface area (Å²) in [5.41, 5.74) is 2.83. The Morgan fingerprint density at radius 3 is 2.66 bits per heavy atom. The van der Waals surface area contributed by atoms with Crippen molar-refractivity contribution < 1.29 is 8.81 Å². The summed E-state index contributed by atoms with van der Waals surface area (Å²) >= 11 is 0. The molecule has 1 atom stereocenters. The predicted octanol–water partition coefficient (Wildman–Crippen LogP) is 4.52. The van der Waals surface area contributed by atoms with E-state index >= 15 is 0 Å². The molecular formula is C23H21FN4O. The van der Waals surface area contributed by atoms with Crippen LogP contribution in [0.25, 0.3) is 11.5 Å². The highest BCUT2D eigenvalue weighted by Crippen LogP contribution is 2.64. The number of nitrogens with zero attached hydrogens (tertiary/aromatic N) is 4. The third kappa shape index (κ3) is 3.54. The molecular weight excluding hydrogens is 367 g/mol. The maximum Gasteiger partial charge on any atom is 0.247 e. The van der Waals surface area contributed by atoms with Crippen molar-refractivity contribution in [1.82, 2.24) is 15.1 Å². The first-order valence-corrected chi connectivity index (χ1v) is 9.96. The first-order valence-electron chi connectivity index (χ1n) is 9.96. The van der Waals surface area contributed by atoms with E-state index in [1.54, 1.807) is 12.1 Å². The topological polar surface area (TPSA) is 66.0 Å². The Morgan fingerprint density at radius 2 is 1.93 bits per heavy atom. The van der Waals surface area contributed by atoms with Crippen LogP contribution in [0.2, 0.25) is 0 Å². The summed E-state index contributed by atoms with van der Waals surface area (Å²) in [7, 11) is 0. The van der Waals surface area contributed by atoms with E-state index in [-0.39, 0.29) is 11.2 Å². The van der Waals surface area contributed by atoms with Crippen molar-refractivity contribution in [2.45, 2.75) is 31.7 Å². The molecule has 1 aliphatic heterocycles. The van der Waals surface area contributed by atoms with Gasteiger partial charge in [0.1, 0.15) is 5.82 Å². The highest BCUT2D eigenvalue weighted by Gasteiger charge is 2.58. The number of rotatable bonds is 4. The van der Waals surface area contributed by atoms with Crippen LogP contribution in [0.1, 0.15) is 42.2 Å². The second-order valence-corrected chi connectivity index (χ2v) is 8.16. The highest BCUT2D eigenvalue weighted by atomic mass is 19.1. The summed E-state index contributed by atoms with van der Waals surface area (Å²) in [4.78, 5) is 2.47. The second-order valence-electron chi connectivity index (χ2n) is 8.16. The van der Waals surface area contributed by atoms with Gasteiger partial charge in [-0.15, -0.1) is 10.2 Å². The molecule has 1 saturated heterocycles. The number of benzene rings is 2. The Labute approximate surface area is 168 Å². The van der Waals surface area contributed by atoms with Gasteiger partial charge in [0.05, 0.1) is 11.6 Å². The summed E-state index contributed by atoms with van der Waals surface area (Å²) in [6.45, 7) is 3.00. The van der Waals surface area contributed by atoms with Gasteiger partial charge in [0.15, 0.2) is 0 Å². The quantitative estimate of drug-likeness (QED) is 0.658. The molecule has 1 saturated carbocycles. The minimum Gasteiger partial charge on any atom is -0.420 e. The molecule has 1 aliphatic carbocycles. The van der Waals surface area contributed by atoms with Gasteiger partial charge >= 0.3 is 0 Å². The molecule has 5 nitrogen and oxygen atoms in total. The van der Waals surface area contributed by atoms with Gasteiger partial charge in [-0.05, 0) is 73.7 Å². The molecule has 0 radical (unpaired) electrons. The van der Waals surface area contributed by atoms with E-state index in [4.69, 9.17) is 9.68 Å². The number of likely N-dealkylation sites (tertiary alicyclic amines) is 1. The molecule has 0 bridgehead atoms. The van der Waals surface area contributed by atoms with Gasteiger partial charge in [-0.2, -0.15) is 5.26 Å². The standard InChI is InChI=1S/C23H21FN4O/c24-19-3-1-2-18(12-19)21-26-27-22(29-21)20-13-23(20)8-10-28(11-9-23)15-17-6-4-16(14-25)5-7-17/h1-7,12,20H,8-11,13,15H2/t20-/m0/s1. The lowest BCUT2D eigenvalue weighted by atomic mass is 9.90. The van der Waals surface area contributed by atoms with Gasteiger partial charge in [-0.3, -0.25) is 4.90 Å². The third-order valence-corrected chi connectivity index (χ3v) is 6.34. The average Bonchev–Trinajstić information content (AvgIpc) is 3.21. The molecule has 2 heterocycles. The molecule has 2 aliphatic rings. The fourth-order valence-corrected chi connectivity index (χ4v) is 4.46. The third-order valence-electron chi connectivity index (χ3n) is 6.34. The van der Waals surface area contributed by atoms with E-state index in [1.807, 2.05) is 24.3 Å². The first kappa shape index (κ1) is 18.0. The van der Waals surface area contributed by atoms with Gasteiger partial charge in [0, 0.05) is 18.0 Å². The van der Waals surface area contributed by atoms with Crippen LogP contribution in [0.3, 0.4) is 0 Å². The zero-order valence-electron chi connectivity index (χ0n) is 16.0. The van der Waals surface area contributed by atoms with E-state index in [0.717, 1.165) is 38.9 Å². The van der Waals surface area contributed by atoms with Gasteiger partial charge in [0.2, 0.25) is 11.8 Å². The Morgan fingerprint density at radius 1 is 1.14 bits per heavy atom. The lowest BCUT2D eigenvalue weighted by Crippen LogP contribution is -2.34. The molecule has 0 unspecified atom stereocenters. The molecule has 5 rings (SSSR count). The van der Waals surface area contributed by atoms with Crippen LogP contribution in [0.15, 0.2) is 52.9 Å². The maximum absolute atomic E-state index is 13.4. The summed E-state index contributed by atoms with van der Waals surface area (Å²) in [6.07, 6.45) is 3.32. The number of aromatic nitrogens is 2. The molecule has 0 N–H and O–H groups in total. The fourth-order valence-electron chi connectivity index (χ4n) is 4.46. The number of halogens is 1. The van der Waals surface area contributed by atoms with Gasteiger partial charge in [-0.25, -0.2) is 4.39 Å². The van der Waals surface area contributed by atoms with E-state index in [1.165, 1.54) is 17.7 Å². The monoisotopic (exact) mass is 388 g/mol. The molecule has 29 heavy (non-hydrogen) atoms. The summed E-state index contributed by atoms with van der Waals surface area (Å²) in [6, 6.07) is 16.2. The molecule has 3 aromatic rings. The van der Waals surface area contributed by atoms with Crippen molar-refractivity contribution in [2.75, 3.05) is 13.1 Å². The summed E-state index contributed by atoms with van der Waals surface area (Å²) < 4.78 is 19.3. The lowest BCUT2D eigenvalue weighted by molar-refractivity contribution is 0.160. The summed E-state index contributed by atoms with van der Waals surface area (Å²) in [5.74, 6) is 1.08. The Bertz CT molecular complexity index is 1060. The Kier molecular flexibility index (Phi) is 4.40. The molecule has 0 amide bonds. The first-order chi connectivity index (χ1) is 14.1. The Balaban J connectivity index is 1.20. The van der Waals surface area contributed by atoms with Gasteiger partial charge in [-0.1, -0.05) is 18.2 Å². The van der Waals surface area contributed by atoms with Crippen LogP contribution >= 0.6 is 0 Å². The van der Waals surface area contributed by atoms with Crippen LogP contribution in [0.5, 0.6) is 0 Å². The number of piperidine rings is 1. The average molecular weight is 388 g/mol. The molecule has 146 valence electrons. The van der Waals surface area contributed by atoms with Crippen LogP contribution in [0, 0.1) is 22.6 Å². The Hall–Kier alpha value is -3.04. The molecule has 1 spiro atoms. The minimum atomic E-state index is -0.306. The number of nitriles is 1. The SMILES string of the molecule is N#Cc1ccc(CN2CCC3(CC2)C[C@H]3c2nnc(-c3cccc(F)c3)o2)cc1. The molecule has 2 aromatic carbocycles. The van der Waals surface area contributed by atoms with E-state index < -0.39 is 0 Å². The smallest absolute Gasteiger partial charge is 0.247 e. The van der Waals surface area contributed by atoms with Crippen LogP contribution in [0.4, 0.5) is 4.39 Å². The zero-order chi connectivity index (χ0) is 19.8. The lowest BCUT2D eigenvalue weighted by Gasteiger charge is -2.32. The van der Waals surface area contributed by atoms with Crippen LogP contribution < -0.4 is 0 Å². The maximum atomic E-state index is 13.4. The normalized spacial score (nSPS) is 20.5. The van der Waals surface area contributed by atoms with E-state index in [9.17, 15) is 4.39 Å². The highest BCUT2D eigenvalue weighted by molar-refractivity contribution is 5.52. The fraction of sp³-hybridized carbons (Fsp3) is 0.348. The molecule has 6 heteroatoms.